The highest BCUT2D eigenvalue weighted by atomic mass is 16.3. The Labute approximate surface area is 86.0 Å². The molecule has 1 rings (SSSR count). The van der Waals surface area contributed by atoms with Crippen LogP contribution in [0.3, 0.4) is 0 Å². The van der Waals surface area contributed by atoms with E-state index in [1.54, 1.807) is 0 Å². The van der Waals surface area contributed by atoms with Gasteiger partial charge >= 0.3 is 0 Å². The largest absolute Gasteiger partial charge is 0.396 e. The number of hydrogen-bond donors (Lipinski definition) is 2. The molecule has 2 N–H and O–H groups in total. The van der Waals surface area contributed by atoms with Gasteiger partial charge in [0.25, 0.3) is 0 Å². The highest BCUT2D eigenvalue weighted by molar-refractivity contribution is 5.07. The van der Waals surface area contributed by atoms with Gasteiger partial charge in [0.1, 0.15) is 0 Å². The third-order valence-corrected chi connectivity index (χ3v) is 2.76. The van der Waals surface area contributed by atoms with Crippen molar-refractivity contribution in [2.24, 2.45) is 17.8 Å². The van der Waals surface area contributed by atoms with Crippen LogP contribution in [-0.4, -0.2) is 23.4 Å². The Morgan fingerprint density at radius 2 is 1.43 bits per heavy atom. The Kier molecular flexibility index (Phi) is 4.91. The van der Waals surface area contributed by atoms with Crippen LogP contribution in [0.4, 0.5) is 0 Å². The molecule has 0 heterocycles. The quantitative estimate of drug-likeness (QED) is 0.706. The van der Waals surface area contributed by atoms with Crippen molar-refractivity contribution in [3.05, 3.63) is 24.3 Å². The van der Waals surface area contributed by atoms with Gasteiger partial charge in [-0.1, -0.05) is 31.2 Å². The van der Waals surface area contributed by atoms with Crippen LogP contribution in [0.5, 0.6) is 0 Å². The number of aliphatic hydroxyl groups excluding tert-OH is 2. The molecule has 1 aliphatic rings. The fraction of sp³-hybridized carbons (Fsp3) is 0.667. The Hall–Kier alpha value is -0.600. The van der Waals surface area contributed by atoms with Crippen molar-refractivity contribution in [1.82, 2.24) is 0 Å². The zero-order chi connectivity index (χ0) is 10.4. The lowest BCUT2D eigenvalue weighted by molar-refractivity contribution is 0.205. The lowest BCUT2D eigenvalue weighted by Gasteiger charge is -2.18. The van der Waals surface area contributed by atoms with Gasteiger partial charge in [0.15, 0.2) is 0 Å². The standard InChI is InChI=1S/C12H20O2/c1-10-6-11(8-13)4-2-3-5-12(7-10)9-14/h2-5,10-14H,6-9H2,1H3/b4-2-,5-3-/t10?,11-,12+. The first-order chi connectivity index (χ1) is 6.76. The van der Waals surface area contributed by atoms with Gasteiger partial charge in [-0.05, 0) is 18.8 Å². The molecule has 0 saturated carbocycles. The predicted octanol–water partition coefficient (Wildman–Crippen LogP) is 1.75. The van der Waals surface area contributed by atoms with Crippen molar-refractivity contribution >= 4 is 0 Å². The van der Waals surface area contributed by atoms with E-state index >= 15 is 0 Å². The fourth-order valence-corrected chi connectivity index (χ4v) is 2.00. The van der Waals surface area contributed by atoms with Crippen molar-refractivity contribution in [3.8, 4) is 0 Å². The molecule has 0 amide bonds. The molecule has 2 heteroatoms. The van der Waals surface area contributed by atoms with Crippen molar-refractivity contribution in [3.63, 3.8) is 0 Å². The summed E-state index contributed by atoms with van der Waals surface area (Å²) in [7, 11) is 0. The van der Waals surface area contributed by atoms with Gasteiger partial charge in [0.05, 0.1) is 0 Å². The molecule has 2 nitrogen and oxygen atoms in total. The van der Waals surface area contributed by atoms with Crippen LogP contribution in [0.1, 0.15) is 19.8 Å². The second kappa shape index (κ2) is 5.99. The minimum absolute atomic E-state index is 0.221. The van der Waals surface area contributed by atoms with Gasteiger partial charge in [-0.2, -0.15) is 0 Å². The van der Waals surface area contributed by atoms with Gasteiger partial charge in [-0.25, -0.2) is 0 Å². The molecule has 0 aromatic rings. The molecule has 14 heavy (non-hydrogen) atoms. The summed E-state index contributed by atoms with van der Waals surface area (Å²) in [5.41, 5.74) is 0. The summed E-state index contributed by atoms with van der Waals surface area (Å²) in [5, 5.41) is 18.2. The molecule has 0 spiro atoms. The van der Waals surface area contributed by atoms with Crippen molar-refractivity contribution in [2.75, 3.05) is 13.2 Å². The van der Waals surface area contributed by atoms with Crippen LogP contribution >= 0.6 is 0 Å². The van der Waals surface area contributed by atoms with E-state index in [4.69, 9.17) is 10.2 Å². The molecule has 0 bridgehead atoms. The summed E-state index contributed by atoms with van der Waals surface area (Å²) in [4.78, 5) is 0. The first-order valence-electron chi connectivity index (χ1n) is 5.33. The minimum atomic E-state index is 0.221. The first kappa shape index (κ1) is 11.5. The number of hydrogen-bond acceptors (Lipinski definition) is 2. The number of rotatable bonds is 2. The van der Waals surface area contributed by atoms with Gasteiger partial charge in [0.2, 0.25) is 0 Å². The Balaban J connectivity index is 2.61. The molecule has 3 atom stereocenters. The topological polar surface area (TPSA) is 40.5 Å². The number of allylic oxidation sites excluding steroid dienone is 2. The highest BCUT2D eigenvalue weighted by Gasteiger charge is 2.14. The van der Waals surface area contributed by atoms with Crippen LogP contribution in [0.15, 0.2) is 24.3 Å². The van der Waals surface area contributed by atoms with E-state index in [0.29, 0.717) is 5.92 Å². The van der Waals surface area contributed by atoms with E-state index in [-0.39, 0.29) is 25.0 Å². The Morgan fingerprint density at radius 1 is 1.00 bits per heavy atom. The van der Waals surface area contributed by atoms with Crippen LogP contribution in [0.25, 0.3) is 0 Å². The zero-order valence-electron chi connectivity index (χ0n) is 8.76. The summed E-state index contributed by atoms with van der Waals surface area (Å²) >= 11 is 0. The van der Waals surface area contributed by atoms with Gasteiger partial charge in [-0.3, -0.25) is 0 Å². The lowest BCUT2D eigenvalue weighted by Crippen LogP contribution is -2.12. The molecule has 0 fully saturated rings. The molecule has 1 unspecified atom stereocenters. The number of aliphatic hydroxyl groups is 2. The molecule has 0 aromatic heterocycles. The monoisotopic (exact) mass is 196 g/mol. The van der Waals surface area contributed by atoms with Crippen LogP contribution in [0.2, 0.25) is 0 Å². The summed E-state index contributed by atoms with van der Waals surface area (Å²) in [5.74, 6) is 1.09. The average Bonchev–Trinajstić information content (AvgIpc) is 2.27. The Bertz CT molecular complexity index is 186. The summed E-state index contributed by atoms with van der Waals surface area (Å²) in [6, 6.07) is 0. The maximum absolute atomic E-state index is 9.12. The molecule has 80 valence electrons. The molecule has 1 aliphatic carbocycles. The molecular weight excluding hydrogens is 176 g/mol. The summed E-state index contributed by atoms with van der Waals surface area (Å²) < 4.78 is 0. The molecule has 0 saturated heterocycles. The smallest absolute Gasteiger partial charge is 0.0494 e. The predicted molar refractivity (Wildman–Crippen MR) is 57.8 cm³/mol. The highest BCUT2D eigenvalue weighted by Crippen LogP contribution is 2.22. The van der Waals surface area contributed by atoms with Gasteiger partial charge in [-0.15, -0.1) is 0 Å². The van der Waals surface area contributed by atoms with Crippen molar-refractivity contribution in [2.45, 2.75) is 19.8 Å². The van der Waals surface area contributed by atoms with E-state index in [1.165, 1.54) is 0 Å². The normalized spacial score (nSPS) is 38.1. The van der Waals surface area contributed by atoms with Gasteiger partial charge < -0.3 is 10.2 Å². The molecule has 0 aliphatic heterocycles. The van der Waals surface area contributed by atoms with Crippen molar-refractivity contribution in [1.29, 1.82) is 0 Å². The SMILES string of the molecule is CC1C[C@@H](CO)/C=C\C=C/[C@@H](CO)C1. The third kappa shape index (κ3) is 3.64. The summed E-state index contributed by atoms with van der Waals surface area (Å²) in [6.45, 7) is 2.62. The first-order valence-corrected chi connectivity index (χ1v) is 5.33. The maximum atomic E-state index is 9.12. The fourth-order valence-electron chi connectivity index (χ4n) is 2.00. The molecule has 0 aromatic carbocycles. The van der Waals surface area contributed by atoms with Crippen LogP contribution in [0, 0.1) is 17.8 Å². The van der Waals surface area contributed by atoms with Crippen LogP contribution < -0.4 is 0 Å². The van der Waals surface area contributed by atoms with Gasteiger partial charge in [0, 0.05) is 25.0 Å². The summed E-state index contributed by atoms with van der Waals surface area (Å²) in [6.07, 6.45) is 10.1. The second-order valence-electron chi connectivity index (χ2n) is 4.23. The Morgan fingerprint density at radius 3 is 1.79 bits per heavy atom. The van der Waals surface area contributed by atoms with Crippen molar-refractivity contribution < 1.29 is 10.2 Å². The van der Waals surface area contributed by atoms with E-state index in [9.17, 15) is 0 Å². The third-order valence-electron chi connectivity index (χ3n) is 2.76. The average molecular weight is 196 g/mol. The molecule has 0 radical (unpaired) electrons. The van der Waals surface area contributed by atoms with Crippen LogP contribution in [-0.2, 0) is 0 Å². The van der Waals surface area contributed by atoms with E-state index < -0.39 is 0 Å². The lowest BCUT2D eigenvalue weighted by atomic mass is 9.89. The van der Waals surface area contributed by atoms with E-state index in [2.05, 4.69) is 6.92 Å². The minimum Gasteiger partial charge on any atom is -0.396 e. The van der Waals surface area contributed by atoms with E-state index in [0.717, 1.165) is 12.8 Å². The molecular formula is C12H20O2. The zero-order valence-corrected chi connectivity index (χ0v) is 8.76. The van der Waals surface area contributed by atoms with E-state index in [1.807, 2.05) is 24.3 Å². The maximum Gasteiger partial charge on any atom is 0.0494 e. The second-order valence-corrected chi connectivity index (χ2v) is 4.23.